The summed E-state index contributed by atoms with van der Waals surface area (Å²) < 4.78 is 0. The monoisotopic (exact) mass is 360 g/mol. The molecule has 0 N–H and O–H groups in total. The molecule has 0 aliphatic carbocycles. The summed E-state index contributed by atoms with van der Waals surface area (Å²) in [6, 6.07) is 18.5. The molecule has 5 nitrogen and oxygen atoms in total. The van der Waals surface area contributed by atoms with Crippen molar-refractivity contribution in [3.05, 3.63) is 71.9 Å². The van der Waals surface area contributed by atoms with Crippen LogP contribution in [0.1, 0.15) is 30.4 Å². The number of carbonyl (C=O) groups is 1. The zero-order valence-electron chi connectivity index (χ0n) is 15.6. The van der Waals surface area contributed by atoms with Crippen molar-refractivity contribution in [2.45, 2.75) is 38.6 Å². The average Bonchev–Trinajstić information content (AvgIpc) is 3.19. The van der Waals surface area contributed by atoms with E-state index in [1.54, 1.807) is 6.20 Å². The van der Waals surface area contributed by atoms with E-state index in [1.807, 2.05) is 54.3 Å². The van der Waals surface area contributed by atoms with Gasteiger partial charge in [0.25, 0.3) is 0 Å². The highest BCUT2D eigenvalue weighted by Crippen LogP contribution is 2.22. The lowest BCUT2D eigenvalue weighted by atomic mass is 9.96. The second-order valence-corrected chi connectivity index (χ2v) is 7.20. The number of benzene rings is 2. The van der Waals surface area contributed by atoms with Crippen LogP contribution in [0.15, 0.2) is 60.8 Å². The minimum absolute atomic E-state index is 0.131. The number of carbonyl (C=O) groups excluding carboxylic acids is 1. The van der Waals surface area contributed by atoms with E-state index in [9.17, 15) is 4.79 Å². The van der Waals surface area contributed by atoms with Gasteiger partial charge in [0.15, 0.2) is 0 Å². The first-order valence-electron chi connectivity index (χ1n) is 9.55. The standard InChI is InChI=1S/C22H24N4O/c1-17-10-12-19(13-11-17)21-16-23-26(24-21)22(27)25-14-6-5-9-20(25)15-18-7-3-2-4-8-18/h2-4,7-8,10-13,16,20H,5-6,9,14-15H2,1H3/t20-/m1/s1. The molecule has 0 spiro atoms. The number of piperidine rings is 1. The number of hydrogen-bond acceptors (Lipinski definition) is 3. The van der Waals surface area contributed by atoms with Gasteiger partial charge in [-0.1, -0.05) is 65.0 Å². The molecule has 27 heavy (non-hydrogen) atoms. The number of likely N-dealkylation sites (tertiary alicyclic amines) is 1. The minimum atomic E-state index is -0.131. The fourth-order valence-electron chi connectivity index (χ4n) is 3.68. The van der Waals surface area contributed by atoms with Crippen molar-refractivity contribution in [3.8, 4) is 11.3 Å². The summed E-state index contributed by atoms with van der Waals surface area (Å²) in [6.07, 6.45) is 5.75. The van der Waals surface area contributed by atoms with Gasteiger partial charge in [0, 0.05) is 18.2 Å². The van der Waals surface area contributed by atoms with Crippen LogP contribution < -0.4 is 0 Å². The number of amides is 1. The molecule has 1 atom stereocenters. The van der Waals surface area contributed by atoms with Crippen molar-refractivity contribution in [2.24, 2.45) is 0 Å². The Bertz CT molecular complexity index is 902. The Kier molecular flexibility index (Phi) is 5.01. The first-order chi connectivity index (χ1) is 13.2. The Morgan fingerprint density at radius 1 is 1.07 bits per heavy atom. The third kappa shape index (κ3) is 3.92. The molecule has 1 saturated heterocycles. The molecule has 1 fully saturated rings. The molecule has 0 saturated carbocycles. The molecule has 0 bridgehead atoms. The van der Waals surface area contributed by atoms with Gasteiger partial charge in [0.05, 0.1) is 6.20 Å². The summed E-state index contributed by atoms with van der Waals surface area (Å²) in [5.41, 5.74) is 4.15. The first-order valence-corrected chi connectivity index (χ1v) is 9.55. The normalized spacial score (nSPS) is 17.1. The first kappa shape index (κ1) is 17.5. The molecule has 0 unspecified atom stereocenters. The lowest BCUT2D eigenvalue weighted by molar-refractivity contribution is 0.146. The van der Waals surface area contributed by atoms with Crippen LogP contribution in [0.5, 0.6) is 0 Å². The second-order valence-electron chi connectivity index (χ2n) is 7.20. The summed E-state index contributed by atoms with van der Waals surface area (Å²) in [4.78, 5) is 16.3. The number of hydrogen-bond donors (Lipinski definition) is 0. The lowest BCUT2D eigenvalue weighted by Gasteiger charge is -2.35. The van der Waals surface area contributed by atoms with E-state index in [1.165, 1.54) is 15.9 Å². The van der Waals surface area contributed by atoms with Gasteiger partial charge in [0.2, 0.25) is 0 Å². The summed E-state index contributed by atoms with van der Waals surface area (Å²) in [5.74, 6) is 0. The van der Waals surface area contributed by atoms with Gasteiger partial charge in [-0.25, -0.2) is 4.79 Å². The van der Waals surface area contributed by atoms with Crippen LogP contribution in [0.2, 0.25) is 0 Å². The SMILES string of the molecule is Cc1ccc(-c2cnn(C(=O)N3CCCC[C@@H]3Cc3ccccc3)n2)cc1. The minimum Gasteiger partial charge on any atom is -0.318 e. The molecule has 3 aromatic rings. The molecule has 138 valence electrons. The maximum absolute atomic E-state index is 13.1. The maximum atomic E-state index is 13.1. The van der Waals surface area contributed by atoms with Crippen LogP contribution in [-0.2, 0) is 6.42 Å². The summed E-state index contributed by atoms with van der Waals surface area (Å²) in [5, 5.41) is 8.69. The largest absolute Gasteiger partial charge is 0.362 e. The molecule has 4 rings (SSSR count). The number of aromatic nitrogens is 3. The topological polar surface area (TPSA) is 51.0 Å². The quantitative estimate of drug-likeness (QED) is 0.699. The zero-order chi connectivity index (χ0) is 18.6. The highest BCUT2D eigenvalue weighted by Gasteiger charge is 2.29. The molecule has 2 aromatic carbocycles. The second kappa shape index (κ2) is 7.74. The van der Waals surface area contributed by atoms with Gasteiger partial charge in [-0.15, -0.1) is 5.10 Å². The van der Waals surface area contributed by atoms with Gasteiger partial charge in [-0.05, 0) is 38.2 Å². The van der Waals surface area contributed by atoms with Crippen molar-refractivity contribution < 1.29 is 4.79 Å². The van der Waals surface area contributed by atoms with Crippen LogP contribution in [-0.4, -0.2) is 38.5 Å². The predicted octanol–water partition coefficient (Wildman–Crippen LogP) is 4.32. The summed E-state index contributed by atoms with van der Waals surface area (Å²) in [6.45, 7) is 2.81. The summed E-state index contributed by atoms with van der Waals surface area (Å²) in [7, 11) is 0. The van der Waals surface area contributed by atoms with E-state index in [0.29, 0.717) is 0 Å². The van der Waals surface area contributed by atoms with Gasteiger partial charge in [-0.2, -0.15) is 5.10 Å². The molecule has 2 heterocycles. The maximum Gasteiger partial charge on any atom is 0.362 e. The Morgan fingerprint density at radius 3 is 2.63 bits per heavy atom. The number of nitrogens with zero attached hydrogens (tertiary/aromatic N) is 4. The van der Waals surface area contributed by atoms with Crippen LogP contribution in [0.3, 0.4) is 0 Å². The van der Waals surface area contributed by atoms with Gasteiger partial charge < -0.3 is 4.90 Å². The lowest BCUT2D eigenvalue weighted by Crippen LogP contribution is -2.47. The Morgan fingerprint density at radius 2 is 1.85 bits per heavy atom. The molecule has 1 amide bonds. The van der Waals surface area contributed by atoms with Gasteiger partial charge in [-0.3, -0.25) is 0 Å². The molecule has 1 aromatic heterocycles. The zero-order valence-corrected chi connectivity index (χ0v) is 15.6. The third-order valence-electron chi connectivity index (χ3n) is 5.20. The van der Waals surface area contributed by atoms with E-state index in [4.69, 9.17) is 0 Å². The summed E-state index contributed by atoms with van der Waals surface area (Å²) >= 11 is 0. The average molecular weight is 360 g/mol. The van der Waals surface area contributed by atoms with Crippen LogP contribution in [0.25, 0.3) is 11.3 Å². The third-order valence-corrected chi connectivity index (χ3v) is 5.20. The van der Waals surface area contributed by atoms with E-state index < -0.39 is 0 Å². The van der Waals surface area contributed by atoms with Crippen LogP contribution >= 0.6 is 0 Å². The molecule has 1 aliphatic rings. The molecule has 5 heteroatoms. The molecular weight excluding hydrogens is 336 g/mol. The van der Waals surface area contributed by atoms with E-state index in [-0.39, 0.29) is 12.1 Å². The van der Waals surface area contributed by atoms with E-state index >= 15 is 0 Å². The molecule has 0 radical (unpaired) electrons. The highest BCUT2D eigenvalue weighted by molar-refractivity contribution is 5.76. The number of rotatable bonds is 3. The highest BCUT2D eigenvalue weighted by atomic mass is 16.2. The van der Waals surface area contributed by atoms with Gasteiger partial charge >= 0.3 is 6.03 Å². The predicted molar refractivity (Wildman–Crippen MR) is 105 cm³/mol. The van der Waals surface area contributed by atoms with Crippen molar-refractivity contribution in [1.82, 2.24) is 19.9 Å². The van der Waals surface area contributed by atoms with Crippen molar-refractivity contribution >= 4 is 6.03 Å². The van der Waals surface area contributed by atoms with Crippen LogP contribution in [0, 0.1) is 6.92 Å². The Hall–Kier alpha value is -2.95. The molecule has 1 aliphatic heterocycles. The van der Waals surface area contributed by atoms with E-state index in [0.717, 1.165) is 43.5 Å². The Balaban J connectivity index is 1.52. The smallest absolute Gasteiger partial charge is 0.318 e. The van der Waals surface area contributed by atoms with E-state index in [2.05, 4.69) is 22.3 Å². The molecular formula is C22H24N4O. The fourth-order valence-corrected chi connectivity index (χ4v) is 3.68. The Labute approximate surface area is 159 Å². The fraction of sp³-hybridized carbons (Fsp3) is 0.318. The number of aryl methyl sites for hydroxylation is 1. The van der Waals surface area contributed by atoms with Crippen LogP contribution in [0.4, 0.5) is 4.79 Å². The van der Waals surface area contributed by atoms with Crippen molar-refractivity contribution in [2.75, 3.05) is 6.54 Å². The van der Waals surface area contributed by atoms with Gasteiger partial charge in [0.1, 0.15) is 5.69 Å². The van der Waals surface area contributed by atoms with Crippen molar-refractivity contribution in [3.63, 3.8) is 0 Å². The van der Waals surface area contributed by atoms with Crippen molar-refractivity contribution in [1.29, 1.82) is 0 Å².